The van der Waals surface area contributed by atoms with Crippen LogP contribution in [0.2, 0.25) is 0 Å². The Hall–Kier alpha value is -2.45. The van der Waals surface area contributed by atoms with Crippen molar-refractivity contribution in [2.75, 3.05) is 31.1 Å². The summed E-state index contributed by atoms with van der Waals surface area (Å²) in [5, 5.41) is 0. The summed E-state index contributed by atoms with van der Waals surface area (Å²) in [6.07, 6.45) is 9.81. The van der Waals surface area contributed by atoms with E-state index in [0.29, 0.717) is 25.2 Å². The first-order chi connectivity index (χ1) is 16.5. The van der Waals surface area contributed by atoms with Crippen LogP contribution in [0.15, 0.2) is 47.5 Å². The van der Waals surface area contributed by atoms with Crippen LogP contribution in [0.25, 0.3) is 0 Å². The Morgan fingerprint density at radius 2 is 1.65 bits per heavy atom. The Bertz CT molecular complexity index is 1110. The Balaban J connectivity index is 1.50. The lowest BCUT2D eigenvalue weighted by molar-refractivity contribution is 0.0727. The number of piperidine rings is 2. The first kappa shape index (κ1) is 23.3. The molecule has 3 fully saturated rings. The van der Waals surface area contributed by atoms with Crippen molar-refractivity contribution in [3.8, 4) is 0 Å². The standard InChI is InChI=1S/C26H34N4O3S/c31-26(30(23-11-12-23)20-22-9-3-4-14-27-22)21-10-13-24(28-15-5-1-6-16-28)25(19-21)34(32,33)29-17-7-2-8-18-29/h3-4,9-10,13-14,19,23H,1-2,5-8,11-12,15-18,20H2. The van der Waals surface area contributed by atoms with Crippen molar-refractivity contribution >= 4 is 21.6 Å². The quantitative estimate of drug-likeness (QED) is 0.595. The number of hydrogen-bond donors (Lipinski definition) is 0. The summed E-state index contributed by atoms with van der Waals surface area (Å²) in [5.74, 6) is -0.117. The molecule has 8 heteroatoms. The zero-order chi connectivity index (χ0) is 23.5. The summed E-state index contributed by atoms with van der Waals surface area (Å²) in [7, 11) is -3.68. The van der Waals surface area contributed by atoms with E-state index in [0.717, 1.165) is 69.4 Å². The van der Waals surface area contributed by atoms with E-state index < -0.39 is 10.0 Å². The molecule has 0 unspecified atom stereocenters. The second-order valence-electron chi connectivity index (χ2n) is 9.68. The van der Waals surface area contributed by atoms with Crippen LogP contribution in [0.4, 0.5) is 5.69 Å². The minimum Gasteiger partial charge on any atom is -0.370 e. The Morgan fingerprint density at radius 1 is 0.941 bits per heavy atom. The average molecular weight is 483 g/mol. The predicted octanol–water partition coefficient (Wildman–Crippen LogP) is 4.05. The fraction of sp³-hybridized carbons (Fsp3) is 0.538. The second kappa shape index (κ2) is 10.0. The Labute approximate surface area is 202 Å². The van der Waals surface area contributed by atoms with Gasteiger partial charge in [-0.15, -0.1) is 0 Å². The van der Waals surface area contributed by atoms with Crippen LogP contribution in [0, 0.1) is 0 Å². The van der Waals surface area contributed by atoms with Crippen molar-refractivity contribution in [3.63, 3.8) is 0 Å². The molecular formula is C26H34N4O3S. The number of rotatable bonds is 7. The van der Waals surface area contributed by atoms with Crippen molar-refractivity contribution in [2.24, 2.45) is 0 Å². The maximum absolute atomic E-state index is 13.8. The van der Waals surface area contributed by atoms with Gasteiger partial charge in [0.2, 0.25) is 10.0 Å². The lowest BCUT2D eigenvalue weighted by Gasteiger charge is -2.33. The largest absolute Gasteiger partial charge is 0.370 e. The van der Waals surface area contributed by atoms with E-state index >= 15 is 0 Å². The molecule has 1 aromatic heterocycles. The van der Waals surface area contributed by atoms with Gasteiger partial charge in [0.15, 0.2) is 0 Å². The van der Waals surface area contributed by atoms with E-state index in [4.69, 9.17) is 0 Å². The van der Waals surface area contributed by atoms with Gasteiger partial charge in [-0.25, -0.2) is 8.42 Å². The molecule has 7 nitrogen and oxygen atoms in total. The summed E-state index contributed by atoms with van der Waals surface area (Å²) < 4.78 is 29.2. The summed E-state index contributed by atoms with van der Waals surface area (Å²) in [6.45, 7) is 3.24. The highest BCUT2D eigenvalue weighted by molar-refractivity contribution is 7.89. The third-order valence-electron chi connectivity index (χ3n) is 7.14. The van der Waals surface area contributed by atoms with Gasteiger partial charge in [0.1, 0.15) is 4.90 Å². The molecule has 1 saturated carbocycles. The fourth-order valence-corrected chi connectivity index (χ4v) is 6.83. The molecule has 0 atom stereocenters. The van der Waals surface area contributed by atoms with Crippen LogP contribution < -0.4 is 4.90 Å². The molecule has 3 heterocycles. The molecule has 0 radical (unpaired) electrons. The maximum Gasteiger partial charge on any atom is 0.254 e. The number of carbonyl (C=O) groups is 1. The molecule has 5 rings (SSSR count). The smallest absolute Gasteiger partial charge is 0.254 e. The van der Waals surface area contributed by atoms with Crippen molar-refractivity contribution in [3.05, 3.63) is 53.9 Å². The number of benzene rings is 1. The highest BCUT2D eigenvalue weighted by Gasteiger charge is 2.35. The Kier molecular flexibility index (Phi) is 6.88. The van der Waals surface area contributed by atoms with E-state index in [-0.39, 0.29) is 16.8 Å². The number of pyridine rings is 1. The fourth-order valence-electron chi connectivity index (χ4n) is 5.08. The second-order valence-corrected chi connectivity index (χ2v) is 11.6. The van der Waals surface area contributed by atoms with E-state index in [1.54, 1.807) is 16.6 Å². The number of aromatic nitrogens is 1. The van der Waals surface area contributed by atoms with E-state index in [1.807, 2.05) is 35.2 Å². The van der Waals surface area contributed by atoms with Crippen molar-refractivity contribution < 1.29 is 13.2 Å². The van der Waals surface area contributed by atoms with Gasteiger partial charge < -0.3 is 9.80 Å². The van der Waals surface area contributed by atoms with Gasteiger partial charge >= 0.3 is 0 Å². The molecule has 1 aromatic carbocycles. The molecule has 0 spiro atoms. The molecule has 182 valence electrons. The number of anilines is 1. The predicted molar refractivity (Wildman–Crippen MR) is 132 cm³/mol. The molecule has 3 aliphatic rings. The van der Waals surface area contributed by atoms with Crippen molar-refractivity contribution in [1.82, 2.24) is 14.2 Å². The molecule has 2 saturated heterocycles. The summed E-state index contributed by atoms with van der Waals surface area (Å²) in [4.78, 5) is 22.4. The van der Waals surface area contributed by atoms with Crippen molar-refractivity contribution in [1.29, 1.82) is 0 Å². The third-order valence-corrected chi connectivity index (χ3v) is 9.07. The van der Waals surface area contributed by atoms with Crippen LogP contribution in [-0.4, -0.2) is 60.7 Å². The van der Waals surface area contributed by atoms with Crippen LogP contribution in [0.3, 0.4) is 0 Å². The zero-order valence-corrected chi connectivity index (χ0v) is 20.5. The van der Waals surface area contributed by atoms with Crippen LogP contribution >= 0.6 is 0 Å². The highest BCUT2D eigenvalue weighted by Crippen LogP contribution is 2.34. The number of amides is 1. The average Bonchev–Trinajstić information content (AvgIpc) is 3.74. The van der Waals surface area contributed by atoms with E-state index in [9.17, 15) is 13.2 Å². The number of nitrogens with zero attached hydrogens (tertiary/aromatic N) is 4. The molecule has 1 aliphatic carbocycles. The topological polar surface area (TPSA) is 73.8 Å². The number of carbonyl (C=O) groups excluding carboxylic acids is 1. The van der Waals surface area contributed by atoms with Gasteiger partial charge in [0, 0.05) is 44.0 Å². The normalized spacial score (nSPS) is 19.7. The first-order valence-electron chi connectivity index (χ1n) is 12.6. The molecule has 2 aliphatic heterocycles. The Morgan fingerprint density at radius 3 is 2.29 bits per heavy atom. The SMILES string of the molecule is O=C(c1ccc(N2CCCCC2)c(S(=O)(=O)N2CCCCC2)c1)N(Cc1ccccn1)C1CC1. The lowest BCUT2D eigenvalue weighted by atomic mass is 10.1. The number of hydrogen-bond acceptors (Lipinski definition) is 5. The minimum atomic E-state index is -3.68. The van der Waals surface area contributed by atoms with Crippen LogP contribution in [0.1, 0.15) is 67.4 Å². The summed E-state index contributed by atoms with van der Waals surface area (Å²) in [6, 6.07) is 11.2. The monoisotopic (exact) mass is 482 g/mol. The van der Waals surface area contributed by atoms with Crippen molar-refractivity contribution in [2.45, 2.75) is 68.8 Å². The van der Waals surface area contributed by atoms with Gasteiger partial charge in [-0.2, -0.15) is 4.31 Å². The minimum absolute atomic E-state index is 0.117. The molecule has 2 aromatic rings. The highest BCUT2D eigenvalue weighted by atomic mass is 32.2. The molecule has 1 amide bonds. The van der Waals surface area contributed by atoms with E-state index in [2.05, 4.69) is 9.88 Å². The molecule has 34 heavy (non-hydrogen) atoms. The van der Waals surface area contributed by atoms with Gasteiger partial charge in [-0.05, 0) is 75.3 Å². The molecule has 0 N–H and O–H groups in total. The molecular weight excluding hydrogens is 448 g/mol. The van der Waals surface area contributed by atoms with Gasteiger partial charge in [0.25, 0.3) is 5.91 Å². The summed E-state index contributed by atoms with van der Waals surface area (Å²) in [5.41, 5.74) is 2.03. The first-order valence-corrected chi connectivity index (χ1v) is 14.1. The molecule has 0 bridgehead atoms. The van der Waals surface area contributed by atoms with Crippen LogP contribution in [-0.2, 0) is 16.6 Å². The third kappa shape index (κ3) is 4.98. The van der Waals surface area contributed by atoms with Gasteiger partial charge in [-0.1, -0.05) is 12.5 Å². The number of sulfonamides is 1. The van der Waals surface area contributed by atoms with Gasteiger partial charge in [0.05, 0.1) is 17.9 Å². The van der Waals surface area contributed by atoms with Gasteiger partial charge in [-0.3, -0.25) is 9.78 Å². The summed E-state index contributed by atoms with van der Waals surface area (Å²) >= 11 is 0. The lowest BCUT2D eigenvalue weighted by Crippen LogP contribution is -2.38. The van der Waals surface area contributed by atoms with E-state index in [1.165, 1.54) is 6.42 Å². The van der Waals surface area contributed by atoms with Crippen LogP contribution in [0.5, 0.6) is 0 Å². The zero-order valence-electron chi connectivity index (χ0n) is 19.7. The maximum atomic E-state index is 13.8.